The van der Waals surface area contributed by atoms with Gasteiger partial charge >= 0.3 is 0 Å². The van der Waals surface area contributed by atoms with Gasteiger partial charge in [-0.05, 0) is 30.7 Å². The maximum Gasteiger partial charge on any atom is 0.0367 e. The third-order valence-corrected chi connectivity index (χ3v) is 3.96. The van der Waals surface area contributed by atoms with Gasteiger partial charge in [0.2, 0.25) is 0 Å². The molecule has 0 N–H and O–H groups in total. The molecule has 1 radical (unpaired) electrons. The van der Waals surface area contributed by atoms with Gasteiger partial charge in [0.25, 0.3) is 0 Å². The molecule has 3 rings (SSSR count). The SMILES string of the molecule is Cc1ccc(CN2CCN(c3cc[c]cc3)CC2)cc1. The lowest BCUT2D eigenvalue weighted by Crippen LogP contribution is -2.45. The predicted octanol–water partition coefficient (Wildman–Crippen LogP) is 3.12. The van der Waals surface area contributed by atoms with Crippen molar-refractivity contribution in [2.45, 2.75) is 13.5 Å². The van der Waals surface area contributed by atoms with Gasteiger partial charge in [-0.15, -0.1) is 0 Å². The second kappa shape index (κ2) is 6.10. The van der Waals surface area contributed by atoms with E-state index in [9.17, 15) is 0 Å². The average molecular weight is 265 g/mol. The van der Waals surface area contributed by atoms with Crippen molar-refractivity contribution in [3.63, 3.8) is 0 Å². The average Bonchev–Trinajstić information content (AvgIpc) is 2.51. The zero-order valence-electron chi connectivity index (χ0n) is 12.0. The quantitative estimate of drug-likeness (QED) is 0.841. The molecule has 0 amide bonds. The van der Waals surface area contributed by atoms with E-state index in [0.717, 1.165) is 32.7 Å². The molecule has 0 bridgehead atoms. The zero-order chi connectivity index (χ0) is 13.8. The number of aryl methyl sites for hydroxylation is 1. The summed E-state index contributed by atoms with van der Waals surface area (Å²) < 4.78 is 0. The molecule has 0 atom stereocenters. The van der Waals surface area contributed by atoms with Crippen molar-refractivity contribution in [2.24, 2.45) is 0 Å². The third-order valence-electron chi connectivity index (χ3n) is 3.96. The van der Waals surface area contributed by atoms with Crippen LogP contribution in [-0.4, -0.2) is 31.1 Å². The first-order chi connectivity index (χ1) is 9.81. The van der Waals surface area contributed by atoms with E-state index >= 15 is 0 Å². The molecule has 2 nitrogen and oxygen atoms in total. The fraction of sp³-hybridized carbons (Fsp3) is 0.333. The highest BCUT2D eigenvalue weighted by Gasteiger charge is 2.16. The van der Waals surface area contributed by atoms with Gasteiger partial charge in [-0.3, -0.25) is 4.90 Å². The van der Waals surface area contributed by atoms with Gasteiger partial charge in [-0.1, -0.05) is 42.0 Å². The largest absolute Gasteiger partial charge is 0.369 e. The molecule has 1 saturated heterocycles. The Balaban J connectivity index is 1.55. The van der Waals surface area contributed by atoms with E-state index in [-0.39, 0.29) is 0 Å². The monoisotopic (exact) mass is 265 g/mol. The molecule has 0 unspecified atom stereocenters. The van der Waals surface area contributed by atoms with Crippen LogP contribution in [0.4, 0.5) is 5.69 Å². The lowest BCUT2D eigenvalue weighted by atomic mass is 10.1. The van der Waals surface area contributed by atoms with Crippen LogP contribution in [0.25, 0.3) is 0 Å². The summed E-state index contributed by atoms with van der Waals surface area (Å²) in [5.41, 5.74) is 4.07. The Morgan fingerprint density at radius 2 is 1.55 bits per heavy atom. The summed E-state index contributed by atoms with van der Waals surface area (Å²) in [6.45, 7) is 7.68. The van der Waals surface area contributed by atoms with Crippen LogP contribution in [-0.2, 0) is 6.54 Å². The van der Waals surface area contributed by atoms with Crippen LogP contribution in [0, 0.1) is 13.0 Å². The van der Waals surface area contributed by atoms with Crippen molar-refractivity contribution >= 4 is 5.69 Å². The first kappa shape index (κ1) is 13.2. The standard InChI is InChI=1S/C18H21N2/c1-16-7-9-17(10-8-16)15-19-11-13-20(14-12-19)18-5-3-2-4-6-18/h3-10H,11-15H2,1H3. The summed E-state index contributed by atoms with van der Waals surface area (Å²) in [5, 5.41) is 0. The Hall–Kier alpha value is -1.80. The van der Waals surface area contributed by atoms with Crippen LogP contribution in [0.5, 0.6) is 0 Å². The predicted molar refractivity (Wildman–Crippen MR) is 83.9 cm³/mol. The number of rotatable bonds is 3. The zero-order valence-corrected chi connectivity index (χ0v) is 12.0. The molecule has 103 valence electrons. The van der Waals surface area contributed by atoms with Gasteiger partial charge in [0.15, 0.2) is 0 Å². The van der Waals surface area contributed by atoms with Crippen LogP contribution >= 0.6 is 0 Å². The fourth-order valence-electron chi connectivity index (χ4n) is 2.70. The van der Waals surface area contributed by atoms with Crippen molar-refractivity contribution in [2.75, 3.05) is 31.1 Å². The Bertz CT molecular complexity index is 525. The first-order valence-corrected chi connectivity index (χ1v) is 7.30. The van der Waals surface area contributed by atoms with Crippen molar-refractivity contribution in [1.29, 1.82) is 0 Å². The van der Waals surface area contributed by atoms with Crippen LogP contribution in [0.15, 0.2) is 48.5 Å². The van der Waals surface area contributed by atoms with Gasteiger partial charge in [-0.25, -0.2) is 0 Å². The summed E-state index contributed by atoms with van der Waals surface area (Å²) in [6.07, 6.45) is 0. The van der Waals surface area contributed by atoms with Gasteiger partial charge in [-0.2, -0.15) is 0 Å². The Labute approximate surface area is 121 Å². The summed E-state index contributed by atoms with van der Waals surface area (Å²) in [6, 6.07) is 20.3. The number of hydrogen-bond acceptors (Lipinski definition) is 2. The summed E-state index contributed by atoms with van der Waals surface area (Å²) >= 11 is 0. The molecule has 0 saturated carbocycles. The Kier molecular flexibility index (Phi) is 4.03. The molecule has 2 aromatic rings. The van der Waals surface area contributed by atoms with E-state index in [1.807, 2.05) is 12.1 Å². The normalized spacial score (nSPS) is 16.4. The molecule has 1 aliphatic heterocycles. The number of piperazine rings is 1. The second-order valence-corrected chi connectivity index (χ2v) is 5.51. The lowest BCUT2D eigenvalue weighted by Gasteiger charge is -2.36. The van der Waals surface area contributed by atoms with Gasteiger partial charge < -0.3 is 4.90 Å². The highest BCUT2D eigenvalue weighted by Crippen LogP contribution is 2.16. The van der Waals surface area contributed by atoms with E-state index in [1.165, 1.54) is 16.8 Å². The lowest BCUT2D eigenvalue weighted by molar-refractivity contribution is 0.250. The maximum atomic E-state index is 3.08. The molecule has 1 heterocycles. The van der Waals surface area contributed by atoms with Gasteiger partial charge in [0, 0.05) is 38.4 Å². The Morgan fingerprint density at radius 3 is 2.20 bits per heavy atom. The van der Waals surface area contributed by atoms with E-state index in [2.05, 4.69) is 59.2 Å². The van der Waals surface area contributed by atoms with E-state index in [4.69, 9.17) is 0 Å². The van der Waals surface area contributed by atoms with Crippen molar-refractivity contribution < 1.29 is 0 Å². The highest BCUT2D eigenvalue weighted by atomic mass is 15.3. The van der Waals surface area contributed by atoms with E-state index in [0.29, 0.717) is 0 Å². The number of anilines is 1. The smallest absolute Gasteiger partial charge is 0.0367 e. The van der Waals surface area contributed by atoms with Gasteiger partial charge in [0.05, 0.1) is 0 Å². The fourth-order valence-corrected chi connectivity index (χ4v) is 2.70. The minimum Gasteiger partial charge on any atom is -0.369 e. The maximum absolute atomic E-state index is 3.08. The van der Waals surface area contributed by atoms with Crippen LogP contribution in [0.3, 0.4) is 0 Å². The molecule has 0 aromatic heterocycles. The molecule has 2 aromatic carbocycles. The third kappa shape index (κ3) is 3.20. The second-order valence-electron chi connectivity index (χ2n) is 5.51. The number of nitrogens with zero attached hydrogens (tertiary/aromatic N) is 2. The molecule has 0 aliphatic carbocycles. The molecule has 1 fully saturated rings. The first-order valence-electron chi connectivity index (χ1n) is 7.30. The van der Waals surface area contributed by atoms with Crippen molar-refractivity contribution in [3.05, 3.63) is 65.7 Å². The topological polar surface area (TPSA) is 6.48 Å². The highest BCUT2D eigenvalue weighted by molar-refractivity contribution is 5.46. The van der Waals surface area contributed by atoms with Crippen molar-refractivity contribution in [3.8, 4) is 0 Å². The minimum absolute atomic E-state index is 1.07. The molecule has 1 aliphatic rings. The molecule has 20 heavy (non-hydrogen) atoms. The number of hydrogen-bond donors (Lipinski definition) is 0. The van der Waals surface area contributed by atoms with Crippen LogP contribution in [0.1, 0.15) is 11.1 Å². The molecular weight excluding hydrogens is 244 g/mol. The number of benzene rings is 2. The van der Waals surface area contributed by atoms with Gasteiger partial charge in [0.1, 0.15) is 0 Å². The Morgan fingerprint density at radius 1 is 0.900 bits per heavy atom. The van der Waals surface area contributed by atoms with E-state index < -0.39 is 0 Å². The molecule has 2 heteroatoms. The summed E-state index contributed by atoms with van der Waals surface area (Å²) in [5.74, 6) is 0. The van der Waals surface area contributed by atoms with Crippen LogP contribution < -0.4 is 4.90 Å². The molecule has 0 spiro atoms. The van der Waals surface area contributed by atoms with Crippen molar-refractivity contribution in [1.82, 2.24) is 4.90 Å². The summed E-state index contributed by atoms with van der Waals surface area (Å²) in [4.78, 5) is 5.00. The van der Waals surface area contributed by atoms with Crippen LogP contribution in [0.2, 0.25) is 0 Å². The minimum atomic E-state index is 1.07. The summed E-state index contributed by atoms with van der Waals surface area (Å²) in [7, 11) is 0. The molecular formula is C18H21N2. The van der Waals surface area contributed by atoms with E-state index in [1.54, 1.807) is 0 Å².